The number of nitrogens with two attached hydrogens (primary N) is 1. The molecular formula is C15H22ClN3OS. The number of nitrogens with one attached hydrogen (secondary N) is 1. The Morgan fingerprint density at radius 3 is 2.86 bits per heavy atom. The van der Waals surface area contributed by atoms with Crippen molar-refractivity contribution in [3.8, 4) is 0 Å². The third kappa shape index (κ3) is 3.87. The van der Waals surface area contributed by atoms with E-state index in [2.05, 4.69) is 15.6 Å². The van der Waals surface area contributed by atoms with Gasteiger partial charge < -0.3 is 21.1 Å². The van der Waals surface area contributed by atoms with Crippen LogP contribution in [0.15, 0.2) is 23.6 Å². The summed E-state index contributed by atoms with van der Waals surface area (Å²) in [5, 5.41) is 17.0. The Hall–Kier alpha value is -0.850. The van der Waals surface area contributed by atoms with Crippen LogP contribution in [0.25, 0.3) is 10.1 Å². The van der Waals surface area contributed by atoms with Gasteiger partial charge in [0.1, 0.15) is 0 Å². The number of halogens is 1. The van der Waals surface area contributed by atoms with Gasteiger partial charge in [0.2, 0.25) is 0 Å². The molecule has 1 saturated heterocycles. The van der Waals surface area contributed by atoms with Gasteiger partial charge in [-0.15, -0.1) is 23.7 Å². The van der Waals surface area contributed by atoms with Gasteiger partial charge in [-0.1, -0.05) is 6.07 Å². The molecule has 3 rings (SSSR count). The van der Waals surface area contributed by atoms with Crippen LogP contribution >= 0.6 is 23.7 Å². The lowest BCUT2D eigenvalue weighted by Gasteiger charge is -2.27. The van der Waals surface area contributed by atoms with E-state index < -0.39 is 0 Å². The smallest absolute Gasteiger partial charge is 0.0816 e. The number of hydrogen-bond donors (Lipinski definition) is 3. The minimum absolute atomic E-state index is 0. The molecule has 4 N–H and O–H groups in total. The zero-order valence-corrected chi connectivity index (χ0v) is 13.6. The van der Waals surface area contributed by atoms with Crippen molar-refractivity contribution in [3.05, 3.63) is 29.1 Å². The number of rotatable bonds is 4. The average Bonchev–Trinajstić information content (AvgIpc) is 2.89. The maximum absolute atomic E-state index is 10.4. The first-order chi connectivity index (χ1) is 9.74. The number of aliphatic hydroxyl groups excluding tert-OH is 1. The summed E-state index contributed by atoms with van der Waals surface area (Å²) in [4.78, 5) is 2.41. The van der Waals surface area contributed by atoms with Gasteiger partial charge in [0.25, 0.3) is 0 Å². The Kier molecular flexibility index (Phi) is 5.84. The molecular weight excluding hydrogens is 306 g/mol. The molecule has 21 heavy (non-hydrogen) atoms. The summed E-state index contributed by atoms with van der Waals surface area (Å²) in [6, 6.07) is 5.90. The second kappa shape index (κ2) is 7.42. The first-order valence-electron chi connectivity index (χ1n) is 7.12. The largest absolute Gasteiger partial charge is 0.399 e. The number of thiophene rings is 1. The normalized spacial score (nSPS) is 17.6. The summed E-state index contributed by atoms with van der Waals surface area (Å²) in [6.45, 7) is 5.21. The molecule has 1 aromatic carbocycles. The number of piperazine rings is 1. The SMILES string of the molecule is Cl.Nc1ccc2c(C(O)CCN3CCNCC3)csc2c1. The molecule has 1 aliphatic rings. The Morgan fingerprint density at radius 2 is 2.10 bits per heavy atom. The lowest BCUT2D eigenvalue weighted by atomic mass is 10.0. The summed E-state index contributed by atoms with van der Waals surface area (Å²) >= 11 is 1.65. The predicted molar refractivity (Wildman–Crippen MR) is 92.4 cm³/mol. The van der Waals surface area contributed by atoms with Crippen LogP contribution in [0, 0.1) is 0 Å². The molecule has 0 spiro atoms. The molecule has 0 saturated carbocycles. The van der Waals surface area contributed by atoms with Crippen molar-refractivity contribution in [3.63, 3.8) is 0 Å². The first kappa shape index (κ1) is 16.5. The second-order valence-electron chi connectivity index (χ2n) is 5.34. The number of fused-ring (bicyclic) bond motifs is 1. The number of hydrogen-bond acceptors (Lipinski definition) is 5. The van der Waals surface area contributed by atoms with Crippen molar-refractivity contribution < 1.29 is 5.11 Å². The molecule has 1 aliphatic heterocycles. The second-order valence-corrected chi connectivity index (χ2v) is 6.25. The Bertz CT molecular complexity index is 583. The number of nitrogen functional groups attached to an aromatic ring is 1. The van der Waals surface area contributed by atoms with Crippen LogP contribution < -0.4 is 11.1 Å². The van der Waals surface area contributed by atoms with Crippen LogP contribution in [0.1, 0.15) is 18.1 Å². The fourth-order valence-corrected chi connectivity index (χ4v) is 3.77. The van der Waals surface area contributed by atoms with Gasteiger partial charge >= 0.3 is 0 Å². The molecule has 0 amide bonds. The highest BCUT2D eigenvalue weighted by atomic mass is 35.5. The maximum Gasteiger partial charge on any atom is 0.0816 e. The molecule has 1 aromatic heterocycles. The van der Waals surface area contributed by atoms with Gasteiger partial charge in [0, 0.05) is 43.1 Å². The van der Waals surface area contributed by atoms with Crippen LogP contribution in [-0.4, -0.2) is 42.7 Å². The van der Waals surface area contributed by atoms with Crippen LogP contribution in [0.3, 0.4) is 0 Å². The van der Waals surface area contributed by atoms with Gasteiger partial charge in [-0.3, -0.25) is 0 Å². The van der Waals surface area contributed by atoms with E-state index in [1.54, 1.807) is 11.3 Å². The van der Waals surface area contributed by atoms with Crippen LogP contribution in [0.5, 0.6) is 0 Å². The van der Waals surface area contributed by atoms with E-state index in [-0.39, 0.29) is 18.5 Å². The van der Waals surface area contributed by atoms with E-state index in [0.717, 1.165) is 60.5 Å². The number of benzene rings is 1. The van der Waals surface area contributed by atoms with Gasteiger partial charge in [0.05, 0.1) is 6.10 Å². The highest BCUT2D eigenvalue weighted by Gasteiger charge is 2.16. The number of anilines is 1. The zero-order chi connectivity index (χ0) is 13.9. The highest BCUT2D eigenvalue weighted by molar-refractivity contribution is 7.17. The molecule has 1 unspecified atom stereocenters. The highest BCUT2D eigenvalue weighted by Crippen LogP contribution is 2.33. The minimum atomic E-state index is -0.387. The van der Waals surface area contributed by atoms with Gasteiger partial charge in [-0.05, 0) is 34.9 Å². The van der Waals surface area contributed by atoms with Crippen LogP contribution in [0.2, 0.25) is 0 Å². The fraction of sp³-hybridized carbons (Fsp3) is 0.467. The molecule has 2 heterocycles. The summed E-state index contributed by atoms with van der Waals surface area (Å²) < 4.78 is 1.15. The monoisotopic (exact) mass is 327 g/mol. The summed E-state index contributed by atoms with van der Waals surface area (Å²) in [6.07, 6.45) is 0.401. The Morgan fingerprint density at radius 1 is 1.33 bits per heavy atom. The fourth-order valence-electron chi connectivity index (χ4n) is 2.72. The Balaban J connectivity index is 0.00000161. The quantitative estimate of drug-likeness (QED) is 0.754. The van der Waals surface area contributed by atoms with Crippen molar-refractivity contribution in [1.29, 1.82) is 0 Å². The topological polar surface area (TPSA) is 61.5 Å². The molecule has 0 aliphatic carbocycles. The van der Waals surface area contributed by atoms with Gasteiger partial charge in [-0.2, -0.15) is 0 Å². The van der Waals surface area contributed by atoms with Crippen molar-refractivity contribution in [2.45, 2.75) is 12.5 Å². The van der Waals surface area contributed by atoms with E-state index in [1.807, 2.05) is 18.2 Å². The summed E-state index contributed by atoms with van der Waals surface area (Å²) in [5.41, 5.74) is 7.62. The molecule has 116 valence electrons. The van der Waals surface area contributed by atoms with E-state index in [1.165, 1.54) is 0 Å². The van der Waals surface area contributed by atoms with Gasteiger partial charge in [0.15, 0.2) is 0 Å². The Labute approximate surface area is 135 Å². The third-order valence-corrected chi connectivity index (χ3v) is 4.88. The first-order valence-corrected chi connectivity index (χ1v) is 8.00. The van der Waals surface area contributed by atoms with E-state index in [0.29, 0.717) is 0 Å². The standard InChI is InChI=1S/C15H21N3OS.ClH/c16-11-1-2-12-13(10-20-15(12)9-11)14(19)3-6-18-7-4-17-5-8-18;/h1-2,9-10,14,17,19H,3-8,16H2;1H. The lowest BCUT2D eigenvalue weighted by molar-refractivity contribution is 0.138. The zero-order valence-electron chi connectivity index (χ0n) is 11.9. The molecule has 0 bridgehead atoms. The lowest BCUT2D eigenvalue weighted by Crippen LogP contribution is -2.44. The van der Waals surface area contributed by atoms with Crippen molar-refractivity contribution >= 4 is 39.5 Å². The minimum Gasteiger partial charge on any atom is -0.399 e. The average molecular weight is 328 g/mol. The van der Waals surface area contributed by atoms with E-state index in [4.69, 9.17) is 5.73 Å². The molecule has 0 radical (unpaired) electrons. The molecule has 2 aromatic rings. The van der Waals surface area contributed by atoms with Crippen LogP contribution in [-0.2, 0) is 0 Å². The molecule has 4 nitrogen and oxygen atoms in total. The third-order valence-electron chi connectivity index (χ3n) is 3.92. The maximum atomic E-state index is 10.4. The molecule has 1 atom stereocenters. The summed E-state index contributed by atoms with van der Waals surface area (Å²) in [7, 11) is 0. The van der Waals surface area contributed by atoms with Gasteiger partial charge in [-0.25, -0.2) is 0 Å². The van der Waals surface area contributed by atoms with Crippen molar-refractivity contribution in [1.82, 2.24) is 10.2 Å². The molecule has 1 fully saturated rings. The molecule has 6 heteroatoms. The van der Waals surface area contributed by atoms with Crippen molar-refractivity contribution in [2.75, 3.05) is 38.5 Å². The van der Waals surface area contributed by atoms with E-state index >= 15 is 0 Å². The van der Waals surface area contributed by atoms with Crippen molar-refractivity contribution in [2.24, 2.45) is 0 Å². The van der Waals surface area contributed by atoms with E-state index in [9.17, 15) is 5.11 Å². The number of nitrogens with zero attached hydrogens (tertiary/aromatic N) is 1. The summed E-state index contributed by atoms with van der Waals surface area (Å²) in [5.74, 6) is 0. The van der Waals surface area contributed by atoms with Crippen LogP contribution in [0.4, 0.5) is 5.69 Å². The number of aliphatic hydroxyl groups is 1. The predicted octanol–water partition coefficient (Wildman–Crippen LogP) is 2.23.